The Labute approximate surface area is 123 Å². The van der Waals surface area contributed by atoms with Crippen LogP contribution in [0.5, 0.6) is 5.75 Å². The lowest BCUT2D eigenvalue weighted by atomic mass is 10.1. The molecule has 0 saturated carbocycles. The van der Waals surface area contributed by atoms with E-state index in [1.807, 2.05) is 44.2 Å². The van der Waals surface area contributed by atoms with Crippen LogP contribution in [0.3, 0.4) is 0 Å². The summed E-state index contributed by atoms with van der Waals surface area (Å²) < 4.78 is 11.1. The minimum atomic E-state index is -0.937. The van der Waals surface area contributed by atoms with Gasteiger partial charge in [0.15, 0.2) is 6.79 Å². The van der Waals surface area contributed by atoms with E-state index in [0.717, 1.165) is 16.7 Å². The van der Waals surface area contributed by atoms with Crippen molar-refractivity contribution >= 4 is 5.97 Å². The highest BCUT2D eigenvalue weighted by Gasteiger charge is 2.10. The molecular formula is C17H18O4. The van der Waals surface area contributed by atoms with Gasteiger partial charge >= 0.3 is 5.97 Å². The van der Waals surface area contributed by atoms with Crippen molar-refractivity contribution in [3.8, 4) is 5.75 Å². The van der Waals surface area contributed by atoms with E-state index in [-0.39, 0.29) is 12.4 Å². The van der Waals surface area contributed by atoms with Crippen molar-refractivity contribution in [2.45, 2.75) is 20.5 Å². The van der Waals surface area contributed by atoms with E-state index in [1.165, 1.54) is 0 Å². The maximum Gasteiger partial charge on any atom is 0.335 e. The van der Waals surface area contributed by atoms with Gasteiger partial charge in [0.2, 0.25) is 0 Å². The number of carboxylic acid groups (broad SMARTS) is 1. The fourth-order valence-electron chi connectivity index (χ4n) is 2.14. The Bertz CT molecular complexity index is 597. The molecule has 0 aliphatic carbocycles. The van der Waals surface area contributed by atoms with Crippen LogP contribution in [0.4, 0.5) is 0 Å². The van der Waals surface area contributed by atoms with Crippen LogP contribution < -0.4 is 4.74 Å². The van der Waals surface area contributed by atoms with E-state index in [4.69, 9.17) is 14.6 Å². The molecule has 0 aliphatic heterocycles. The predicted molar refractivity (Wildman–Crippen MR) is 79.6 cm³/mol. The summed E-state index contributed by atoms with van der Waals surface area (Å²) in [5, 5.41) is 9.00. The van der Waals surface area contributed by atoms with Crippen LogP contribution in [0.25, 0.3) is 0 Å². The van der Waals surface area contributed by atoms with Gasteiger partial charge in [-0.2, -0.15) is 0 Å². The third-order valence-corrected chi connectivity index (χ3v) is 3.11. The van der Waals surface area contributed by atoms with E-state index in [2.05, 4.69) is 0 Å². The Morgan fingerprint density at radius 3 is 2.29 bits per heavy atom. The molecule has 0 radical (unpaired) electrons. The van der Waals surface area contributed by atoms with Crippen LogP contribution in [0.15, 0.2) is 42.5 Å². The van der Waals surface area contributed by atoms with Crippen LogP contribution >= 0.6 is 0 Å². The number of rotatable bonds is 6. The van der Waals surface area contributed by atoms with Gasteiger partial charge in [-0.05, 0) is 42.7 Å². The summed E-state index contributed by atoms with van der Waals surface area (Å²) in [4.78, 5) is 11.0. The molecule has 0 unspecified atom stereocenters. The van der Waals surface area contributed by atoms with Gasteiger partial charge in [-0.3, -0.25) is 0 Å². The fourth-order valence-corrected chi connectivity index (χ4v) is 2.14. The van der Waals surface area contributed by atoms with Crippen LogP contribution in [0.2, 0.25) is 0 Å². The molecule has 0 heterocycles. The second-order valence-corrected chi connectivity index (χ2v) is 4.84. The minimum absolute atomic E-state index is 0.128. The number of aryl methyl sites for hydroxylation is 2. The first kappa shape index (κ1) is 15.1. The molecule has 2 rings (SSSR count). The zero-order valence-corrected chi connectivity index (χ0v) is 12.1. The number of carbonyl (C=O) groups is 1. The Balaban J connectivity index is 1.93. The largest absolute Gasteiger partial charge is 0.478 e. The van der Waals surface area contributed by atoms with Gasteiger partial charge in [0.25, 0.3) is 0 Å². The maximum absolute atomic E-state index is 11.0. The molecule has 4 heteroatoms. The van der Waals surface area contributed by atoms with Gasteiger partial charge in [0.05, 0.1) is 12.2 Å². The van der Waals surface area contributed by atoms with Gasteiger partial charge in [0.1, 0.15) is 5.75 Å². The Kier molecular flexibility index (Phi) is 4.95. The number of hydrogen-bond donors (Lipinski definition) is 1. The first-order chi connectivity index (χ1) is 10.1. The highest BCUT2D eigenvalue weighted by molar-refractivity contribution is 5.88. The number of benzene rings is 2. The molecule has 0 spiro atoms. The molecule has 0 aliphatic rings. The zero-order valence-electron chi connectivity index (χ0n) is 12.1. The first-order valence-electron chi connectivity index (χ1n) is 6.67. The lowest BCUT2D eigenvalue weighted by molar-refractivity contribution is 0.00430. The van der Waals surface area contributed by atoms with E-state index < -0.39 is 5.97 Å². The molecule has 0 bridgehead atoms. The SMILES string of the molecule is Cc1cc(C(=O)O)cc(C)c1OCOCc1ccccc1. The number of ether oxygens (including phenoxy) is 2. The van der Waals surface area contributed by atoms with Crippen molar-refractivity contribution in [2.24, 2.45) is 0 Å². The molecule has 0 amide bonds. The highest BCUT2D eigenvalue weighted by Crippen LogP contribution is 2.25. The smallest absolute Gasteiger partial charge is 0.335 e. The zero-order chi connectivity index (χ0) is 15.2. The Hall–Kier alpha value is -2.33. The highest BCUT2D eigenvalue weighted by atomic mass is 16.7. The quantitative estimate of drug-likeness (QED) is 0.651. The Morgan fingerprint density at radius 1 is 1.10 bits per heavy atom. The molecule has 2 aromatic rings. The predicted octanol–water partition coefficient (Wildman–Crippen LogP) is 3.55. The molecule has 0 saturated heterocycles. The summed E-state index contributed by atoms with van der Waals surface area (Å²) in [5.41, 5.74) is 2.92. The molecule has 0 fully saturated rings. The van der Waals surface area contributed by atoms with E-state index in [0.29, 0.717) is 12.4 Å². The van der Waals surface area contributed by atoms with Crippen molar-refractivity contribution in [1.82, 2.24) is 0 Å². The van der Waals surface area contributed by atoms with Crippen molar-refractivity contribution in [3.05, 3.63) is 64.7 Å². The molecule has 1 N–H and O–H groups in total. The Morgan fingerprint density at radius 2 is 1.71 bits per heavy atom. The van der Waals surface area contributed by atoms with Crippen molar-refractivity contribution in [2.75, 3.05) is 6.79 Å². The number of hydrogen-bond acceptors (Lipinski definition) is 3. The molecule has 0 atom stereocenters. The van der Waals surface area contributed by atoms with E-state index >= 15 is 0 Å². The summed E-state index contributed by atoms with van der Waals surface area (Å²) in [6.45, 7) is 4.26. The minimum Gasteiger partial charge on any atom is -0.478 e. The lowest BCUT2D eigenvalue weighted by Crippen LogP contribution is -2.06. The average molecular weight is 286 g/mol. The first-order valence-corrected chi connectivity index (χ1v) is 6.67. The summed E-state index contributed by atoms with van der Waals surface area (Å²) in [6, 6.07) is 13.0. The molecule has 110 valence electrons. The van der Waals surface area contributed by atoms with Crippen LogP contribution in [-0.2, 0) is 11.3 Å². The summed E-state index contributed by atoms with van der Waals surface area (Å²) >= 11 is 0. The standard InChI is InChI=1S/C17H18O4/c1-12-8-15(17(18)19)9-13(2)16(12)21-11-20-10-14-6-4-3-5-7-14/h3-9H,10-11H2,1-2H3,(H,18,19). The summed E-state index contributed by atoms with van der Waals surface area (Å²) in [6.07, 6.45) is 0. The summed E-state index contributed by atoms with van der Waals surface area (Å²) in [7, 11) is 0. The second-order valence-electron chi connectivity index (χ2n) is 4.84. The molecule has 2 aromatic carbocycles. The van der Waals surface area contributed by atoms with Gasteiger partial charge < -0.3 is 14.6 Å². The van der Waals surface area contributed by atoms with Crippen LogP contribution in [0, 0.1) is 13.8 Å². The number of carboxylic acids is 1. The van der Waals surface area contributed by atoms with Gasteiger partial charge in [-0.1, -0.05) is 30.3 Å². The molecule has 21 heavy (non-hydrogen) atoms. The van der Waals surface area contributed by atoms with E-state index in [1.54, 1.807) is 12.1 Å². The van der Waals surface area contributed by atoms with Crippen LogP contribution in [0.1, 0.15) is 27.0 Å². The summed E-state index contributed by atoms with van der Waals surface area (Å²) in [5.74, 6) is -0.263. The van der Waals surface area contributed by atoms with Crippen LogP contribution in [-0.4, -0.2) is 17.9 Å². The van der Waals surface area contributed by atoms with Crippen molar-refractivity contribution in [3.63, 3.8) is 0 Å². The third-order valence-electron chi connectivity index (χ3n) is 3.11. The third kappa shape index (κ3) is 4.07. The maximum atomic E-state index is 11.0. The monoisotopic (exact) mass is 286 g/mol. The molecule has 0 aromatic heterocycles. The van der Waals surface area contributed by atoms with E-state index in [9.17, 15) is 4.79 Å². The topological polar surface area (TPSA) is 55.8 Å². The lowest BCUT2D eigenvalue weighted by Gasteiger charge is -2.13. The molecule has 4 nitrogen and oxygen atoms in total. The number of aromatic carboxylic acids is 1. The van der Waals surface area contributed by atoms with Crippen molar-refractivity contribution in [1.29, 1.82) is 0 Å². The normalized spacial score (nSPS) is 10.4. The van der Waals surface area contributed by atoms with Gasteiger partial charge in [-0.25, -0.2) is 4.79 Å². The fraction of sp³-hybridized carbons (Fsp3) is 0.235. The van der Waals surface area contributed by atoms with Crippen molar-refractivity contribution < 1.29 is 19.4 Å². The second kappa shape index (κ2) is 6.90. The molecular weight excluding hydrogens is 268 g/mol. The van der Waals surface area contributed by atoms with Gasteiger partial charge in [-0.15, -0.1) is 0 Å². The van der Waals surface area contributed by atoms with Gasteiger partial charge in [0, 0.05) is 0 Å². The average Bonchev–Trinajstić information content (AvgIpc) is 2.46.